The molecule has 0 radical (unpaired) electrons. The number of allylic oxidation sites excluding steroid dienone is 2. The Morgan fingerprint density at radius 3 is 2.10 bits per heavy atom. The highest BCUT2D eigenvalue weighted by Gasteiger charge is 2.39. The number of hydrogen-bond donors (Lipinski definition) is 3. The summed E-state index contributed by atoms with van der Waals surface area (Å²) in [5.41, 5.74) is 5.65. The van der Waals surface area contributed by atoms with Gasteiger partial charge in [0.25, 0.3) is 0 Å². The van der Waals surface area contributed by atoms with Crippen molar-refractivity contribution in [1.29, 1.82) is 0 Å². The quantitative estimate of drug-likeness (QED) is 0.693. The number of hydrogen-bond acceptors (Lipinski definition) is 3. The maximum atomic E-state index is 9.55. The summed E-state index contributed by atoms with van der Waals surface area (Å²) in [7, 11) is 3.49. The molecule has 1 aliphatic rings. The van der Waals surface area contributed by atoms with E-state index < -0.39 is 0 Å². The van der Waals surface area contributed by atoms with Crippen LogP contribution in [0.1, 0.15) is 53.9 Å². The Labute approximate surface area is 127 Å². The Morgan fingerprint density at radius 2 is 1.85 bits per heavy atom. The van der Waals surface area contributed by atoms with Crippen molar-refractivity contribution in [2.45, 2.75) is 59.9 Å². The van der Waals surface area contributed by atoms with Gasteiger partial charge in [-0.05, 0) is 45.9 Å². The first-order chi connectivity index (χ1) is 9.72. The summed E-state index contributed by atoms with van der Waals surface area (Å²) in [6, 6.07) is 0.539. The Hall–Kier alpha value is -0.640. The summed E-state index contributed by atoms with van der Waals surface area (Å²) < 4.78 is 0. The van der Waals surface area contributed by atoms with Crippen LogP contribution in [0.5, 0.6) is 0 Å². The molecular weight excluding hydrogens is 248 g/mol. The van der Waals surface area contributed by atoms with Crippen LogP contribution < -0.4 is 11.1 Å². The topological polar surface area (TPSA) is 58.3 Å². The smallest absolute Gasteiger partial charge is 0.0528 e. The van der Waals surface area contributed by atoms with Gasteiger partial charge in [0.05, 0.1) is 6.61 Å². The zero-order valence-electron chi connectivity index (χ0n) is 14.8. The molecular formula is C17H38N2O. The average molecular weight is 287 g/mol. The first-order valence-corrected chi connectivity index (χ1v) is 7.87. The monoisotopic (exact) mass is 286 g/mol. The molecule has 0 aliphatic heterocycles. The number of nitrogens with one attached hydrogen (secondary N) is 1. The number of rotatable bonds is 4. The summed E-state index contributed by atoms with van der Waals surface area (Å²) in [6.07, 6.45) is 7.17. The second-order valence-electron chi connectivity index (χ2n) is 4.11. The molecule has 0 bridgehead atoms. The lowest BCUT2D eigenvalue weighted by molar-refractivity contribution is 0.164. The summed E-state index contributed by atoms with van der Waals surface area (Å²) in [5, 5.41) is 12.8. The summed E-state index contributed by atoms with van der Waals surface area (Å²) in [4.78, 5) is 0. The zero-order valence-corrected chi connectivity index (χ0v) is 14.8. The third-order valence-corrected chi connectivity index (χ3v) is 3.46. The standard InChI is InChI=1S/C12H21NO.2C2H6.CH5N/c1-4-10(5-2)12(9-14)7-6-11(8-12)13-3;3*1-2/h4-5,11,13-14H,1,6-9H2,2-3H3;2*1-2H3;2H2,1H3/b10-5+;;;. The largest absolute Gasteiger partial charge is 0.395 e. The van der Waals surface area contributed by atoms with Crippen molar-refractivity contribution in [2.75, 3.05) is 20.7 Å². The van der Waals surface area contributed by atoms with E-state index in [0.717, 1.165) is 19.3 Å². The van der Waals surface area contributed by atoms with E-state index in [1.54, 1.807) is 0 Å². The predicted molar refractivity (Wildman–Crippen MR) is 93.0 cm³/mol. The molecule has 1 saturated carbocycles. The van der Waals surface area contributed by atoms with E-state index in [0.29, 0.717) is 6.04 Å². The zero-order chi connectivity index (χ0) is 16.6. The van der Waals surface area contributed by atoms with Crippen LogP contribution in [0.2, 0.25) is 0 Å². The number of nitrogens with two attached hydrogens (primary N) is 1. The third kappa shape index (κ3) is 7.22. The van der Waals surface area contributed by atoms with Gasteiger partial charge < -0.3 is 16.2 Å². The van der Waals surface area contributed by atoms with Crippen LogP contribution in [0, 0.1) is 5.41 Å². The molecule has 2 unspecified atom stereocenters. The van der Waals surface area contributed by atoms with Gasteiger partial charge >= 0.3 is 0 Å². The molecule has 3 nitrogen and oxygen atoms in total. The van der Waals surface area contributed by atoms with Crippen LogP contribution in [0.4, 0.5) is 0 Å². The average Bonchev–Trinajstić information content (AvgIpc) is 2.99. The van der Waals surface area contributed by atoms with Crippen molar-refractivity contribution in [1.82, 2.24) is 5.32 Å². The molecule has 2 atom stereocenters. The minimum absolute atomic E-state index is 0.0375. The van der Waals surface area contributed by atoms with E-state index in [4.69, 9.17) is 0 Å². The molecule has 1 rings (SSSR count). The van der Waals surface area contributed by atoms with Gasteiger partial charge in [0.2, 0.25) is 0 Å². The Bertz CT molecular complexity index is 239. The molecule has 4 N–H and O–H groups in total. The Balaban J connectivity index is -0.000000425. The van der Waals surface area contributed by atoms with Crippen molar-refractivity contribution >= 4 is 0 Å². The molecule has 1 fully saturated rings. The number of aliphatic hydroxyl groups is 1. The van der Waals surface area contributed by atoms with Gasteiger partial charge in [0.15, 0.2) is 0 Å². The van der Waals surface area contributed by atoms with Gasteiger partial charge in [-0.3, -0.25) is 0 Å². The van der Waals surface area contributed by atoms with E-state index in [-0.39, 0.29) is 12.0 Å². The molecule has 0 amide bonds. The van der Waals surface area contributed by atoms with E-state index in [2.05, 4.69) is 23.7 Å². The first kappa shape index (κ1) is 24.4. The number of aliphatic hydroxyl groups excluding tert-OH is 1. The normalized spacial score (nSPS) is 24.2. The lowest BCUT2D eigenvalue weighted by Crippen LogP contribution is -2.28. The minimum Gasteiger partial charge on any atom is -0.395 e. The summed E-state index contributed by atoms with van der Waals surface area (Å²) in [6.45, 7) is 14.1. The van der Waals surface area contributed by atoms with Crippen LogP contribution in [-0.2, 0) is 0 Å². The lowest BCUT2D eigenvalue weighted by atomic mass is 9.79. The fourth-order valence-corrected chi connectivity index (χ4v) is 2.51. The van der Waals surface area contributed by atoms with Crippen molar-refractivity contribution in [3.8, 4) is 0 Å². The van der Waals surface area contributed by atoms with Crippen LogP contribution in [-0.4, -0.2) is 31.9 Å². The van der Waals surface area contributed by atoms with Gasteiger partial charge in [-0.2, -0.15) is 0 Å². The summed E-state index contributed by atoms with van der Waals surface area (Å²) in [5.74, 6) is 0. The second kappa shape index (κ2) is 16.4. The highest BCUT2D eigenvalue weighted by molar-refractivity contribution is 5.27. The van der Waals surface area contributed by atoms with Crippen LogP contribution in [0.15, 0.2) is 24.3 Å². The first-order valence-electron chi connectivity index (χ1n) is 7.87. The second-order valence-corrected chi connectivity index (χ2v) is 4.11. The Kier molecular flexibility index (Phi) is 20.0. The van der Waals surface area contributed by atoms with Gasteiger partial charge in [-0.25, -0.2) is 0 Å². The van der Waals surface area contributed by atoms with Crippen molar-refractivity contribution < 1.29 is 5.11 Å². The van der Waals surface area contributed by atoms with E-state index in [1.807, 2.05) is 47.7 Å². The maximum absolute atomic E-state index is 9.55. The maximum Gasteiger partial charge on any atom is 0.0528 e. The highest BCUT2D eigenvalue weighted by atomic mass is 16.3. The van der Waals surface area contributed by atoms with Crippen LogP contribution in [0.25, 0.3) is 0 Å². The molecule has 0 aromatic heterocycles. The van der Waals surface area contributed by atoms with E-state index in [1.165, 1.54) is 12.6 Å². The van der Waals surface area contributed by atoms with Crippen LogP contribution in [0.3, 0.4) is 0 Å². The third-order valence-electron chi connectivity index (χ3n) is 3.46. The van der Waals surface area contributed by atoms with Crippen molar-refractivity contribution in [3.05, 3.63) is 24.3 Å². The molecule has 0 spiro atoms. The van der Waals surface area contributed by atoms with Gasteiger partial charge in [-0.15, -0.1) is 0 Å². The van der Waals surface area contributed by atoms with Gasteiger partial charge in [-0.1, -0.05) is 46.4 Å². The van der Waals surface area contributed by atoms with E-state index >= 15 is 0 Å². The Morgan fingerprint density at radius 1 is 1.35 bits per heavy atom. The summed E-state index contributed by atoms with van der Waals surface area (Å²) >= 11 is 0. The molecule has 20 heavy (non-hydrogen) atoms. The van der Waals surface area contributed by atoms with Gasteiger partial charge in [0, 0.05) is 11.5 Å². The molecule has 0 aromatic rings. The molecule has 0 heterocycles. The molecule has 3 heteroatoms. The SMILES string of the molecule is C=C/C(=C\C)C1(CO)CCC(NC)C1.CC.CC.CN. The molecule has 0 aromatic carbocycles. The highest BCUT2D eigenvalue weighted by Crippen LogP contribution is 2.44. The molecule has 0 saturated heterocycles. The van der Waals surface area contributed by atoms with Crippen LogP contribution >= 0.6 is 0 Å². The fraction of sp³-hybridized carbons (Fsp3) is 0.765. The molecule has 122 valence electrons. The lowest BCUT2D eigenvalue weighted by Gasteiger charge is -2.28. The predicted octanol–water partition coefficient (Wildman–Crippen LogP) is 3.50. The minimum atomic E-state index is -0.0375. The van der Waals surface area contributed by atoms with Crippen molar-refractivity contribution in [3.63, 3.8) is 0 Å². The van der Waals surface area contributed by atoms with E-state index in [9.17, 15) is 5.11 Å². The van der Waals surface area contributed by atoms with Crippen molar-refractivity contribution in [2.24, 2.45) is 11.1 Å². The molecule has 1 aliphatic carbocycles. The van der Waals surface area contributed by atoms with Gasteiger partial charge in [0.1, 0.15) is 0 Å². The fourth-order valence-electron chi connectivity index (χ4n) is 2.51.